The number of hydrogen-bond donors (Lipinski definition) is 1. The predicted octanol–water partition coefficient (Wildman–Crippen LogP) is 2.17. The molecule has 1 amide bonds. The third-order valence-corrected chi connectivity index (χ3v) is 4.28. The van der Waals surface area contributed by atoms with Crippen LogP contribution in [0.3, 0.4) is 0 Å². The van der Waals surface area contributed by atoms with Crippen molar-refractivity contribution in [2.75, 3.05) is 18.1 Å². The molecule has 108 valence electrons. The lowest BCUT2D eigenvalue weighted by molar-refractivity contribution is -0.138. The van der Waals surface area contributed by atoms with E-state index in [-0.39, 0.29) is 23.9 Å². The van der Waals surface area contributed by atoms with Gasteiger partial charge < -0.3 is 10.0 Å². The van der Waals surface area contributed by atoms with E-state index in [0.29, 0.717) is 17.9 Å². The van der Waals surface area contributed by atoms with E-state index in [1.165, 1.54) is 12.1 Å². The summed E-state index contributed by atoms with van der Waals surface area (Å²) < 4.78 is 13.4. The van der Waals surface area contributed by atoms with Crippen molar-refractivity contribution < 1.29 is 19.1 Å². The quantitative estimate of drug-likeness (QED) is 0.929. The highest BCUT2D eigenvalue weighted by Crippen LogP contribution is 2.22. The molecular weight excluding hydrogens is 281 g/mol. The minimum Gasteiger partial charge on any atom is -0.481 e. The number of carbonyl (C=O) groups excluding carboxylic acids is 1. The van der Waals surface area contributed by atoms with Crippen LogP contribution in [0, 0.1) is 12.7 Å². The van der Waals surface area contributed by atoms with Gasteiger partial charge in [-0.15, -0.1) is 0 Å². The van der Waals surface area contributed by atoms with Gasteiger partial charge in [0.2, 0.25) is 0 Å². The standard InChI is InChI=1S/C14H16FNO3S/c1-9-4-10(6-11(15)5-9)14(19)16-2-3-20-8-12(16)7-13(17)18/h4-6,12H,2-3,7-8H2,1H3,(H,17,18). The Kier molecular flexibility index (Phi) is 4.65. The fourth-order valence-electron chi connectivity index (χ4n) is 2.32. The molecule has 0 bridgehead atoms. The molecule has 1 aliphatic heterocycles. The van der Waals surface area contributed by atoms with Gasteiger partial charge in [-0.1, -0.05) is 0 Å². The van der Waals surface area contributed by atoms with Crippen LogP contribution >= 0.6 is 11.8 Å². The number of benzene rings is 1. The number of rotatable bonds is 3. The van der Waals surface area contributed by atoms with Gasteiger partial charge in [-0.3, -0.25) is 9.59 Å². The molecule has 6 heteroatoms. The Balaban J connectivity index is 2.22. The van der Waals surface area contributed by atoms with E-state index in [9.17, 15) is 14.0 Å². The smallest absolute Gasteiger partial charge is 0.305 e. The molecule has 2 rings (SSSR count). The van der Waals surface area contributed by atoms with Crippen LogP contribution in [-0.4, -0.2) is 46.0 Å². The van der Waals surface area contributed by atoms with Gasteiger partial charge in [0.15, 0.2) is 0 Å². The Bertz CT molecular complexity index is 515. The van der Waals surface area contributed by atoms with E-state index in [2.05, 4.69) is 0 Å². The summed E-state index contributed by atoms with van der Waals surface area (Å²) in [6, 6.07) is 3.86. The van der Waals surface area contributed by atoms with Gasteiger partial charge in [-0.2, -0.15) is 11.8 Å². The van der Waals surface area contributed by atoms with E-state index in [0.717, 1.165) is 5.75 Å². The van der Waals surface area contributed by atoms with E-state index in [1.54, 1.807) is 29.7 Å². The van der Waals surface area contributed by atoms with E-state index in [4.69, 9.17) is 5.11 Å². The second-order valence-corrected chi connectivity index (χ2v) is 5.99. The van der Waals surface area contributed by atoms with Crippen LogP contribution in [-0.2, 0) is 4.79 Å². The van der Waals surface area contributed by atoms with Crippen molar-refractivity contribution in [3.05, 3.63) is 35.1 Å². The molecule has 0 radical (unpaired) electrons. The molecule has 0 aromatic heterocycles. The average Bonchev–Trinajstić information content (AvgIpc) is 2.36. The third kappa shape index (κ3) is 3.50. The van der Waals surface area contributed by atoms with E-state index in [1.807, 2.05) is 0 Å². The molecule has 1 unspecified atom stereocenters. The fourth-order valence-corrected chi connectivity index (χ4v) is 3.38. The predicted molar refractivity (Wildman–Crippen MR) is 75.5 cm³/mol. The number of amides is 1. The zero-order valence-electron chi connectivity index (χ0n) is 11.1. The molecule has 20 heavy (non-hydrogen) atoms. The second kappa shape index (κ2) is 6.26. The maximum Gasteiger partial charge on any atom is 0.305 e. The number of thioether (sulfide) groups is 1. The van der Waals surface area contributed by atoms with E-state index >= 15 is 0 Å². The summed E-state index contributed by atoms with van der Waals surface area (Å²) in [5, 5.41) is 8.92. The first kappa shape index (κ1) is 14.8. The van der Waals surface area contributed by atoms with Crippen LogP contribution in [0.4, 0.5) is 4.39 Å². The molecule has 1 heterocycles. The molecular formula is C14H16FNO3S. The highest BCUT2D eigenvalue weighted by atomic mass is 32.2. The summed E-state index contributed by atoms with van der Waals surface area (Å²) in [6.45, 7) is 2.22. The number of carbonyl (C=O) groups is 2. The molecule has 0 spiro atoms. The maximum absolute atomic E-state index is 13.4. The lowest BCUT2D eigenvalue weighted by atomic mass is 10.1. The molecule has 1 aromatic rings. The number of carboxylic acids is 1. The highest BCUT2D eigenvalue weighted by Gasteiger charge is 2.29. The second-order valence-electron chi connectivity index (χ2n) is 4.84. The first-order valence-corrected chi connectivity index (χ1v) is 7.50. The Labute approximate surface area is 121 Å². The molecule has 0 saturated carbocycles. The van der Waals surface area contributed by atoms with Crippen molar-refractivity contribution >= 4 is 23.6 Å². The number of hydrogen-bond acceptors (Lipinski definition) is 3. The fraction of sp³-hybridized carbons (Fsp3) is 0.429. The lowest BCUT2D eigenvalue weighted by Gasteiger charge is -2.34. The Morgan fingerprint density at radius 2 is 2.20 bits per heavy atom. The zero-order chi connectivity index (χ0) is 14.7. The molecule has 1 aliphatic rings. The minimum atomic E-state index is -0.925. The normalized spacial score (nSPS) is 18.9. The molecule has 1 aromatic carbocycles. The number of aryl methyl sites for hydroxylation is 1. The van der Waals surface area contributed by atoms with Gasteiger partial charge in [0.1, 0.15) is 5.82 Å². The number of carboxylic acid groups (broad SMARTS) is 1. The van der Waals surface area contributed by atoms with Gasteiger partial charge in [-0.25, -0.2) is 4.39 Å². The van der Waals surface area contributed by atoms with Crippen molar-refractivity contribution in [1.29, 1.82) is 0 Å². The average molecular weight is 297 g/mol. The molecule has 0 aliphatic carbocycles. The highest BCUT2D eigenvalue weighted by molar-refractivity contribution is 7.99. The minimum absolute atomic E-state index is 0.0764. The molecule has 1 saturated heterocycles. The largest absolute Gasteiger partial charge is 0.481 e. The lowest BCUT2D eigenvalue weighted by Crippen LogP contribution is -2.47. The third-order valence-electron chi connectivity index (χ3n) is 3.19. The monoisotopic (exact) mass is 297 g/mol. The van der Waals surface area contributed by atoms with Gasteiger partial charge >= 0.3 is 5.97 Å². The summed E-state index contributed by atoms with van der Waals surface area (Å²) in [7, 11) is 0. The van der Waals surface area contributed by atoms with Gasteiger partial charge in [-0.05, 0) is 30.7 Å². The Morgan fingerprint density at radius 3 is 2.85 bits per heavy atom. The SMILES string of the molecule is Cc1cc(F)cc(C(=O)N2CCSCC2CC(=O)O)c1. The molecule has 1 atom stereocenters. The summed E-state index contributed by atoms with van der Waals surface area (Å²) in [5.41, 5.74) is 0.958. The van der Waals surface area contributed by atoms with Crippen LogP contribution in [0.5, 0.6) is 0 Å². The van der Waals surface area contributed by atoms with Crippen LogP contribution in [0.15, 0.2) is 18.2 Å². The number of nitrogens with zero attached hydrogens (tertiary/aromatic N) is 1. The first-order chi connectivity index (χ1) is 9.47. The Morgan fingerprint density at radius 1 is 1.45 bits per heavy atom. The van der Waals surface area contributed by atoms with E-state index < -0.39 is 11.8 Å². The van der Waals surface area contributed by atoms with Crippen molar-refractivity contribution in [2.24, 2.45) is 0 Å². The first-order valence-electron chi connectivity index (χ1n) is 6.35. The zero-order valence-corrected chi connectivity index (χ0v) is 12.0. The van der Waals surface area contributed by atoms with Crippen molar-refractivity contribution in [3.8, 4) is 0 Å². The van der Waals surface area contributed by atoms with Crippen molar-refractivity contribution in [1.82, 2.24) is 4.90 Å². The van der Waals surface area contributed by atoms with Crippen LogP contribution in [0.2, 0.25) is 0 Å². The summed E-state index contributed by atoms with van der Waals surface area (Å²) in [6.07, 6.45) is -0.0764. The molecule has 1 fully saturated rings. The maximum atomic E-state index is 13.4. The molecule has 4 nitrogen and oxygen atoms in total. The summed E-state index contributed by atoms with van der Waals surface area (Å²) in [4.78, 5) is 24.9. The Hall–Kier alpha value is -1.56. The van der Waals surface area contributed by atoms with Crippen molar-refractivity contribution in [3.63, 3.8) is 0 Å². The van der Waals surface area contributed by atoms with Crippen LogP contribution in [0.25, 0.3) is 0 Å². The van der Waals surface area contributed by atoms with Gasteiger partial charge in [0, 0.05) is 23.6 Å². The topological polar surface area (TPSA) is 57.6 Å². The number of halogens is 1. The van der Waals surface area contributed by atoms with Gasteiger partial charge in [0.05, 0.1) is 12.5 Å². The summed E-state index contributed by atoms with van der Waals surface area (Å²) in [5.74, 6) is -0.290. The number of aliphatic carboxylic acids is 1. The van der Waals surface area contributed by atoms with Crippen molar-refractivity contribution in [2.45, 2.75) is 19.4 Å². The van der Waals surface area contributed by atoms with Gasteiger partial charge in [0.25, 0.3) is 5.91 Å². The summed E-state index contributed by atoms with van der Waals surface area (Å²) >= 11 is 1.64. The van der Waals surface area contributed by atoms with Crippen LogP contribution < -0.4 is 0 Å². The molecule has 1 N–H and O–H groups in total. The van der Waals surface area contributed by atoms with Crippen LogP contribution in [0.1, 0.15) is 22.3 Å².